The summed E-state index contributed by atoms with van der Waals surface area (Å²) in [6.07, 6.45) is 3.91. The summed E-state index contributed by atoms with van der Waals surface area (Å²) in [6.45, 7) is 0. The van der Waals surface area contributed by atoms with Crippen molar-refractivity contribution in [3.63, 3.8) is 0 Å². The van der Waals surface area contributed by atoms with Gasteiger partial charge in [-0.25, -0.2) is 9.59 Å². The van der Waals surface area contributed by atoms with Gasteiger partial charge >= 0.3 is 22.1 Å². The molecule has 3 aliphatic rings. The fourth-order valence-corrected chi connectivity index (χ4v) is 9.26. The molecule has 2 heterocycles. The lowest BCUT2D eigenvalue weighted by Gasteiger charge is -2.45. The predicted octanol–water partition coefficient (Wildman–Crippen LogP) is 1.60. The smallest absolute Gasteiger partial charge is 0.343 e. The third-order valence-corrected chi connectivity index (χ3v) is 12.2. The van der Waals surface area contributed by atoms with Crippen molar-refractivity contribution >= 4 is 68.9 Å². The summed E-state index contributed by atoms with van der Waals surface area (Å²) in [5.74, 6) is -1.09. The molecule has 1 spiro atoms. The van der Waals surface area contributed by atoms with Crippen molar-refractivity contribution in [1.82, 2.24) is 19.7 Å². The van der Waals surface area contributed by atoms with Gasteiger partial charge in [0.1, 0.15) is 10.6 Å². The minimum absolute atomic E-state index is 0.0107. The van der Waals surface area contributed by atoms with Gasteiger partial charge in [-0.2, -0.15) is 38.2 Å². The number of hydrogen-bond donors (Lipinski definition) is 6. The van der Waals surface area contributed by atoms with Gasteiger partial charge in [-0.05, 0) is 65.3 Å². The van der Waals surface area contributed by atoms with Crippen LogP contribution in [0, 0.1) is 0 Å². The van der Waals surface area contributed by atoms with Gasteiger partial charge in [-0.1, -0.05) is 12.1 Å². The van der Waals surface area contributed by atoms with E-state index in [2.05, 4.69) is 10.6 Å². The molecule has 2 aliphatic carbocycles. The van der Waals surface area contributed by atoms with Crippen molar-refractivity contribution in [2.45, 2.75) is 21.9 Å². The summed E-state index contributed by atoms with van der Waals surface area (Å²) in [5, 5.41) is 4.43. The van der Waals surface area contributed by atoms with E-state index >= 15 is 0 Å². The molecule has 1 fully saturated rings. The van der Waals surface area contributed by atoms with Gasteiger partial charge in [0.2, 0.25) is 0 Å². The number of carbonyl (C=O) groups excluding carboxylic acids is 2. The molecular formula is C28H25N4O14S4+. The van der Waals surface area contributed by atoms with Crippen LogP contribution in [0.5, 0.6) is 0 Å². The highest BCUT2D eigenvalue weighted by Crippen LogP contribution is 2.48. The van der Waals surface area contributed by atoms with Crippen molar-refractivity contribution in [1.29, 1.82) is 0 Å². The second kappa shape index (κ2) is 11.0. The zero-order valence-electron chi connectivity index (χ0n) is 25.5. The highest BCUT2D eigenvalue weighted by Gasteiger charge is 2.55. The molecule has 1 aromatic heterocycles. The average molecular weight is 770 g/mol. The lowest BCUT2D eigenvalue weighted by molar-refractivity contribution is 0.0831. The highest BCUT2D eigenvalue weighted by atomic mass is 32.2. The maximum atomic E-state index is 14.9. The third-order valence-electron chi connectivity index (χ3n) is 8.54. The van der Waals surface area contributed by atoms with Crippen molar-refractivity contribution in [3.8, 4) is 0 Å². The van der Waals surface area contributed by atoms with Crippen molar-refractivity contribution in [2.75, 3.05) is 7.05 Å². The number of aromatic nitrogens is 1. The molecule has 0 saturated carbocycles. The van der Waals surface area contributed by atoms with E-state index in [1.165, 1.54) is 29.9 Å². The molecule has 1 saturated heterocycles. The van der Waals surface area contributed by atoms with Gasteiger partial charge in [0.15, 0.2) is 26.8 Å². The maximum Gasteiger partial charge on any atom is 0.372 e. The van der Waals surface area contributed by atoms with Gasteiger partial charge in [-0.15, -0.1) is 0 Å². The van der Waals surface area contributed by atoms with Gasteiger partial charge in [0, 0.05) is 24.9 Å². The van der Waals surface area contributed by atoms with Crippen LogP contribution in [-0.4, -0.2) is 81.1 Å². The molecule has 1 aliphatic heterocycles. The van der Waals surface area contributed by atoms with Gasteiger partial charge in [0.05, 0.1) is 11.9 Å². The number of nitrogens with zero attached hydrogens (tertiary/aromatic N) is 2. The minimum Gasteiger partial charge on any atom is -0.343 e. The number of allylic oxidation sites excluding steroid dienone is 4. The van der Waals surface area contributed by atoms with Crippen LogP contribution in [-0.2, 0) is 47.5 Å². The number of nitrogens with one attached hydrogen (secondary N) is 2. The highest BCUT2D eigenvalue weighted by molar-refractivity contribution is 7.90. The number of fused-ring (bicyclic) bond motifs is 2. The monoisotopic (exact) mass is 769 g/mol. The van der Waals surface area contributed by atoms with Crippen molar-refractivity contribution in [2.24, 2.45) is 7.05 Å². The van der Waals surface area contributed by atoms with Crippen LogP contribution in [0.1, 0.15) is 16.9 Å². The quantitative estimate of drug-likeness (QED) is 0.147. The molecule has 50 heavy (non-hydrogen) atoms. The Morgan fingerprint density at radius 2 is 1.52 bits per heavy atom. The van der Waals surface area contributed by atoms with Gasteiger partial charge < -0.3 is 15.2 Å². The summed E-state index contributed by atoms with van der Waals surface area (Å²) in [5.41, 5.74) is -3.96. The molecule has 2 aromatic carbocycles. The Morgan fingerprint density at radius 3 is 2.04 bits per heavy atom. The van der Waals surface area contributed by atoms with Crippen molar-refractivity contribution < 1.29 is 61.5 Å². The molecule has 264 valence electrons. The zero-order valence-corrected chi connectivity index (χ0v) is 28.7. The van der Waals surface area contributed by atoms with E-state index in [0.717, 1.165) is 55.6 Å². The Labute approximate surface area is 284 Å². The lowest BCUT2D eigenvalue weighted by atomic mass is 9.84. The van der Waals surface area contributed by atoms with Gasteiger partial charge in [0.25, 0.3) is 30.4 Å². The van der Waals surface area contributed by atoms with E-state index in [4.69, 9.17) is 0 Å². The van der Waals surface area contributed by atoms with E-state index in [9.17, 15) is 61.5 Å². The summed E-state index contributed by atoms with van der Waals surface area (Å²) >= 11 is 0. The van der Waals surface area contributed by atoms with Crippen LogP contribution in [0.25, 0.3) is 10.8 Å². The first-order valence-corrected chi connectivity index (χ1v) is 19.6. The number of aryl methyl sites for hydroxylation is 1. The number of carbonyl (C=O) groups is 2. The first-order valence-electron chi connectivity index (χ1n) is 13.9. The number of urea groups is 1. The van der Waals surface area contributed by atoms with Crippen LogP contribution in [0.15, 0.2) is 103 Å². The standard InChI is InChI=1S/C28H24N4O14S4/c1-31-9-3-4-20(31)26(33)32(2,21-11-15-5-7-18(47(35,36)37)10-17(15)12-23(21)49(41,42)43)25-19-13-24(50(44,45)46)28(29-27(34)30-28)14-16(19)6-8-22(25)48(38,39)40/h3-5,7-14H,6H2,1-2H3,(H5-,29,30,34,35,36,37,38,39,40,41,42,43,44,45,46)/p+1. The number of benzene rings is 2. The van der Waals surface area contributed by atoms with E-state index in [-0.39, 0.29) is 28.5 Å². The average Bonchev–Trinajstić information content (AvgIpc) is 3.41. The fourth-order valence-electron chi connectivity index (χ4n) is 6.29. The Morgan fingerprint density at radius 1 is 0.860 bits per heavy atom. The van der Waals surface area contributed by atoms with Crippen LogP contribution in [0.2, 0.25) is 0 Å². The Hall–Kier alpha value is -4.52. The maximum absolute atomic E-state index is 14.9. The fraction of sp³-hybridized carbons (Fsp3) is 0.143. The number of quaternary nitrogens is 1. The van der Waals surface area contributed by atoms with Gasteiger partial charge in [-0.3, -0.25) is 18.2 Å². The Bertz CT molecular complexity index is 2680. The lowest BCUT2D eigenvalue weighted by Crippen LogP contribution is -2.75. The van der Waals surface area contributed by atoms with Crippen LogP contribution < -0.4 is 15.1 Å². The molecule has 3 aromatic rings. The van der Waals surface area contributed by atoms with Crippen molar-refractivity contribution in [3.05, 3.63) is 99.2 Å². The molecule has 3 amide bonds. The second-order valence-electron chi connectivity index (χ2n) is 11.6. The third kappa shape index (κ3) is 5.59. The minimum atomic E-state index is -5.41. The Kier molecular flexibility index (Phi) is 7.76. The predicted molar refractivity (Wildman–Crippen MR) is 174 cm³/mol. The molecule has 0 radical (unpaired) electrons. The molecule has 1 atom stereocenters. The normalized spacial score (nSPS) is 19.0. The molecule has 1 unspecified atom stereocenters. The summed E-state index contributed by atoms with van der Waals surface area (Å²) < 4.78 is 142. The van der Waals surface area contributed by atoms with Crippen LogP contribution in [0.4, 0.5) is 10.5 Å². The molecule has 18 nitrogen and oxygen atoms in total. The summed E-state index contributed by atoms with van der Waals surface area (Å²) in [7, 11) is -18.4. The molecule has 0 bridgehead atoms. The largest absolute Gasteiger partial charge is 0.372 e. The van der Waals surface area contributed by atoms with Crippen LogP contribution >= 0.6 is 0 Å². The molecule has 6 N–H and O–H groups in total. The zero-order chi connectivity index (χ0) is 37.0. The number of rotatable bonds is 7. The molecule has 22 heteroatoms. The summed E-state index contributed by atoms with van der Waals surface area (Å²) in [6, 6.07) is 6.62. The van der Waals surface area contributed by atoms with E-state index in [1.807, 2.05) is 0 Å². The molecular weight excluding hydrogens is 745 g/mol. The SMILES string of the molecule is Cn1cccc1C(=O)[N+](C)(C1=C2C=C(S(=O)(=O)O)C3(C=C2CC=C1S(=O)(=O)O)NC(=O)N3)c1cc2ccc(S(=O)(=O)O)cc2cc1S(=O)(=O)O. The first kappa shape index (κ1) is 35.3. The topological polar surface area (TPSA) is 281 Å². The summed E-state index contributed by atoms with van der Waals surface area (Å²) in [4.78, 5) is 23.1. The second-order valence-corrected chi connectivity index (χ2v) is 17.2. The van der Waals surface area contributed by atoms with Crippen LogP contribution in [0.3, 0.4) is 0 Å². The van der Waals surface area contributed by atoms with E-state index < -0.39 is 99.1 Å². The molecule has 6 rings (SSSR count). The Balaban J connectivity index is 1.82. The number of amides is 3. The van der Waals surface area contributed by atoms with E-state index in [0.29, 0.717) is 0 Å². The number of hydrogen-bond acceptors (Lipinski definition) is 10. The van der Waals surface area contributed by atoms with E-state index in [1.54, 1.807) is 0 Å². The number of likely N-dealkylation sites (N-methyl/N-ethyl adjacent to an activating group) is 1. The first-order chi connectivity index (χ1) is 22.9.